The van der Waals surface area contributed by atoms with Gasteiger partial charge in [-0.05, 0) is 36.8 Å². The standard InChI is InChI=1S/C19H17N5OS/c1-13-6-5-8-16-17(13)21-19(26-16)24(12-14-7-3-4-10-20-14)18(25)15-9-11-23(2)22-15/h3-11H,12H2,1-2H3. The number of anilines is 1. The Bertz CT molecular complexity index is 1070. The maximum atomic E-state index is 13.1. The molecule has 4 aromatic rings. The highest BCUT2D eigenvalue weighted by molar-refractivity contribution is 7.22. The lowest BCUT2D eigenvalue weighted by Gasteiger charge is -2.18. The third-order valence-electron chi connectivity index (χ3n) is 4.06. The smallest absolute Gasteiger partial charge is 0.276 e. The van der Waals surface area contributed by atoms with E-state index in [1.807, 2.05) is 43.3 Å². The van der Waals surface area contributed by atoms with E-state index < -0.39 is 0 Å². The summed E-state index contributed by atoms with van der Waals surface area (Å²) in [7, 11) is 1.79. The molecule has 0 aliphatic carbocycles. The highest BCUT2D eigenvalue weighted by Gasteiger charge is 2.24. The van der Waals surface area contributed by atoms with E-state index in [9.17, 15) is 4.79 Å². The van der Waals surface area contributed by atoms with Crippen molar-refractivity contribution in [2.24, 2.45) is 7.05 Å². The highest BCUT2D eigenvalue weighted by atomic mass is 32.1. The Balaban J connectivity index is 1.78. The number of aryl methyl sites for hydroxylation is 2. The number of amides is 1. The Morgan fingerprint density at radius 1 is 1.19 bits per heavy atom. The number of benzene rings is 1. The molecule has 0 bridgehead atoms. The zero-order chi connectivity index (χ0) is 18.1. The molecule has 6 nitrogen and oxygen atoms in total. The summed E-state index contributed by atoms with van der Waals surface area (Å²) in [5, 5.41) is 4.90. The minimum Gasteiger partial charge on any atom is -0.276 e. The predicted molar refractivity (Wildman–Crippen MR) is 102 cm³/mol. The van der Waals surface area contributed by atoms with Crippen LogP contribution >= 0.6 is 11.3 Å². The normalized spacial score (nSPS) is 11.0. The number of carbonyl (C=O) groups is 1. The fourth-order valence-corrected chi connectivity index (χ4v) is 3.78. The van der Waals surface area contributed by atoms with Gasteiger partial charge < -0.3 is 0 Å². The van der Waals surface area contributed by atoms with E-state index in [2.05, 4.69) is 10.1 Å². The average molecular weight is 363 g/mol. The number of hydrogen-bond donors (Lipinski definition) is 0. The van der Waals surface area contributed by atoms with E-state index in [-0.39, 0.29) is 5.91 Å². The Hall–Kier alpha value is -3.06. The van der Waals surface area contributed by atoms with Gasteiger partial charge in [0.15, 0.2) is 10.8 Å². The molecule has 3 aromatic heterocycles. The highest BCUT2D eigenvalue weighted by Crippen LogP contribution is 2.32. The fourth-order valence-electron chi connectivity index (χ4n) is 2.74. The molecule has 0 saturated heterocycles. The van der Waals surface area contributed by atoms with Crippen LogP contribution in [0.4, 0.5) is 5.13 Å². The molecule has 0 saturated carbocycles. The van der Waals surface area contributed by atoms with Crippen molar-refractivity contribution in [3.8, 4) is 0 Å². The molecule has 0 N–H and O–H groups in total. The SMILES string of the molecule is Cc1cccc2sc(N(Cc3ccccn3)C(=O)c3ccn(C)n3)nc12. The number of thiazole rings is 1. The van der Waals surface area contributed by atoms with Crippen LogP contribution in [-0.2, 0) is 13.6 Å². The molecule has 4 rings (SSSR count). The lowest BCUT2D eigenvalue weighted by molar-refractivity contribution is 0.0979. The van der Waals surface area contributed by atoms with Crippen LogP contribution in [0.25, 0.3) is 10.2 Å². The van der Waals surface area contributed by atoms with Gasteiger partial charge >= 0.3 is 0 Å². The Labute approximate surface area is 154 Å². The number of nitrogens with zero attached hydrogens (tertiary/aromatic N) is 5. The third kappa shape index (κ3) is 3.09. The van der Waals surface area contributed by atoms with Gasteiger partial charge in [0.05, 0.1) is 22.5 Å². The minimum atomic E-state index is -0.187. The van der Waals surface area contributed by atoms with Crippen LogP contribution < -0.4 is 4.90 Å². The quantitative estimate of drug-likeness (QED) is 0.556. The molecule has 7 heteroatoms. The van der Waals surface area contributed by atoms with Gasteiger partial charge in [-0.15, -0.1) is 0 Å². The zero-order valence-electron chi connectivity index (χ0n) is 14.5. The van der Waals surface area contributed by atoms with Crippen LogP contribution in [0.1, 0.15) is 21.7 Å². The number of fused-ring (bicyclic) bond motifs is 1. The van der Waals surface area contributed by atoms with Gasteiger partial charge in [0.2, 0.25) is 0 Å². The second-order valence-corrected chi connectivity index (χ2v) is 7.01. The first-order chi connectivity index (χ1) is 12.6. The van der Waals surface area contributed by atoms with Crippen LogP contribution in [0, 0.1) is 6.92 Å². The summed E-state index contributed by atoms with van der Waals surface area (Å²) in [6.07, 6.45) is 3.48. The van der Waals surface area contributed by atoms with Crippen LogP contribution in [0.2, 0.25) is 0 Å². The summed E-state index contributed by atoms with van der Waals surface area (Å²) < 4.78 is 2.68. The van der Waals surface area contributed by atoms with Gasteiger partial charge in [0.25, 0.3) is 5.91 Å². The van der Waals surface area contributed by atoms with E-state index in [0.29, 0.717) is 17.4 Å². The van der Waals surface area contributed by atoms with Crippen LogP contribution in [0.3, 0.4) is 0 Å². The fraction of sp³-hybridized carbons (Fsp3) is 0.158. The first-order valence-corrected chi connectivity index (χ1v) is 9.01. The van der Waals surface area contributed by atoms with Crippen molar-refractivity contribution in [3.05, 3.63) is 71.8 Å². The number of hydrogen-bond acceptors (Lipinski definition) is 5. The molecule has 0 aliphatic heterocycles. The summed E-state index contributed by atoms with van der Waals surface area (Å²) >= 11 is 1.50. The first kappa shape index (κ1) is 16.4. The van der Waals surface area contributed by atoms with Crippen molar-refractivity contribution in [1.29, 1.82) is 0 Å². The van der Waals surface area contributed by atoms with Gasteiger partial charge in [0, 0.05) is 19.4 Å². The van der Waals surface area contributed by atoms with E-state index in [0.717, 1.165) is 21.5 Å². The molecule has 0 aliphatic rings. The van der Waals surface area contributed by atoms with E-state index in [1.54, 1.807) is 35.1 Å². The molecule has 0 spiro atoms. The second kappa shape index (κ2) is 6.68. The summed E-state index contributed by atoms with van der Waals surface area (Å²) in [6, 6.07) is 13.4. The molecule has 3 heterocycles. The lowest BCUT2D eigenvalue weighted by atomic mass is 10.2. The van der Waals surface area contributed by atoms with E-state index in [1.165, 1.54) is 11.3 Å². The van der Waals surface area contributed by atoms with Gasteiger partial charge in [-0.1, -0.05) is 29.5 Å². The molecule has 0 fully saturated rings. The second-order valence-electron chi connectivity index (χ2n) is 6.01. The monoisotopic (exact) mass is 363 g/mol. The summed E-state index contributed by atoms with van der Waals surface area (Å²) in [5.41, 5.74) is 3.20. The molecule has 1 amide bonds. The van der Waals surface area contributed by atoms with Crippen molar-refractivity contribution in [2.45, 2.75) is 13.5 Å². The van der Waals surface area contributed by atoms with Gasteiger partial charge in [-0.25, -0.2) is 4.98 Å². The number of carbonyl (C=O) groups excluding carboxylic acids is 1. The van der Waals surface area contributed by atoms with Gasteiger partial charge in [0.1, 0.15) is 0 Å². The maximum Gasteiger partial charge on any atom is 0.280 e. The lowest BCUT2D eigenvalue weighted by Crippen LogP contribution is -2.31. The molecule has 1 aromatic carbocycles. The van der Waals surface area contributed by atoms with Crippen molar-refractivity contribution in [1.82, 2.24) is 19.7 Å². The summed E-state index contributed by atoms with van der Waals surface area (Å²) in [4.78, 5) is 23.8. The van der Waals surface area contributed by atoms with Crippen molar-refractivity contribution >= 4 is 32.6 Å². The Kier molecular flexibility index (Phi) is 4.22. The number of aromatic nitrogens is 4. The average Bonchev–Trinajstić information content (AvgIpc) is 3.27. The van der Waals surface area contributed by atoms with Gasteiger partial charge in [-0.2, -0.15) is 5.10 Å². The van der Waals surface area contributed by atoms with Crippen molar-refractivity contribution in [2.75, 3.05) is 4.90 Å². The summed E-state index contributed by atoms with van der Waals surface area (Å²) in [5.74, 6) is -0.187. The Morgan fingerprint density at radius 2 is 2.08 bits per heavy atom. The topological polar surface area (TPSA) is 63.9 Å². The van der Waals surface area contributed by atoms with Crippen LogP contribution in [0.5, 0.6) is 0 Å². The molecule has 0 unspecified atom stereocenters. The van der Waals surface area contributed by atoms with Crippen LogP contribution in [0.15, 0.2) is 54.9 Å². The molecule has 26 heavy (non-hydrogen) atoms. The van der Waals surface area contributed by atoms with Crippen LogP contribution in [-0.4, -0.2) is 25.7 Å². The predicted octanol–water partition coefficient (Wildman–Crippen LogP) is 3.58. The maximum absolute atomic E-state index is 13.1. The van der Waals surface area contributed by atoms with Crippen molar-refractivity contribution < 1.29 is 4.79 Å². The third-order valence-corrected chi connectivity index (χ3v) is 5.11. The van der Waals surface area contributed by atoms with Gasteiger partial charge in [-0.3, -0.25) is 19.4 Å². The zero-order valence-corrected chi connectivity index (χ0v) is 15.3. The van der Waals surface area contributed by atoms with E-state index in [4.69, 9.17) is 4.98 Å². The largest absolute Gasteiger partial charge is 0.280 e. The summed E-state index contributed by atoms with van der Waals surface area (Å²) in [6.45, 7) is 2.37. The molecule has 0 atom stereocenters. The first-order valence-electron chi connectivity index (χ1n) is 8.19. The minimum absolute atomic E-state index is 0.187. The van der Waals surface area contributed by atoms with E-state index >= 15 is 0 Å². The molecular weight excluding hydrogens is 346 g/mol. The molecule has 0 radical (unpaired) electrons. The Morgan fingerprint density at radius 3 is 2.77 bits per heavy atom. The number of rotatable bonds is 4. The number of pyridine rings is 1. The molecule has 130 valence electrons. The molecular formula is C19H17N5OS. The number of para-hydroxylation sites is 1. The van der Waals surface area contributed by atoms with Crippen molar-refractivity contribution in [3.63, 3.8) is 0 Å².